The molecule has 2 rings (SSSR count). The lowest BCUT2D eigenvalue weighted by atomic mass is 10.0. The maximum Gasteiger partial charge on any atom is 0.153 e. The molecule has 4 heteroatoms. The van der Waals surface area contributed by atoms with Crippen molar-refractivity contribution in [1.82, 2.24) is 15.2 Å². The minimum Gasteiger partial charge on any atom is -0.382 e. The van der Waals surface area contributed by atoms with Crippen molar-refractivity contribution in [2.24, 2.45) is 0 Å². The molecule has 13 heavy (non-hydrogen) atoms. The molecule has 4 nitrogen and oxygen atoms in total. The normalized spacial score (nSPS) is 11.3. The number of anilines is 1. The van der Waals surface area contributed by atoms with Gasteiger partial charge in [-0.05, 0) is 11.5 Å². The van der Waals surface area contributed by atoms with Crippen LogP contribution in [-0.4, -0.2) is 15.2 Å². The Morgan fingerprint density at radius 2 is 2.15 bits per heavy atom. The summed E-state index contributed by atoms with van der Waals surface area (Å²) in [6.45, 7) is 4.23. The van der Waals surface area contributed by atoms with E-state index in [9.17, 15) is 0 Å². The average Bonchev–Trinajstić information content (AvgIpc) is 2.48. The van der Waals surface area contributed by atoms with E-state index in [0.717, 1.165) is 16.5 Å². The molecule has 0 bridgehead atoms. The number of pyridine rings is 1. The van der Waals surface area contributed by atoms with Crippen LogP contribution in [0.15, 0.2) is 12.4 Å². The van der Waals surface area contributed by atoms with Crippen molar-refractivity contribution in [3.05, 3.63) is 18.0 Å². The Morgan fingerprint density at radius 1 is 1.38 bits per heavy atom. The van der Waals surface area contributed by atoms with Crippen LogP contribution >= 0.6 is 0 Å². The fourth-order valence-corrected chi connectivity index (χ4v) is 1.46. The number of rotatable bonds is 1. The van der Waals surface area contributed by atoms with Gasteiger partial charge in [0, 0.05) is 6.20 Å². The zero-order chi connectivity index (χ0) is 9.42. The van der Waals surface area contributed by atoms with Crippen LogP contribution in [0, 0.1) is 0 Å². The van der Waals surface area contributed by atoms with Gasteiger partial charge in [-0.15, -0.1) is 0 Å². The highest BCUT2D eigenvalue weighted by Crippen LogP contribution is 2.26. The SMILES string of the molecule is CC(C)c1cncc2[nH]nc(N)c12. The van der Waals surface area contributed by atoms with E-state index < -0.39 is 0 Å². The molecule has 3 N–H and O–H groups in total. The Hall–Kier alpha value is -1.58. The monoisotopic (exact) mass is 176 g/mol. The Morgan fingerprint density at radius 3 is 2.85 bits per heavy atom. The first-order valence-corrected chi connectivity index (χ1v) is 4.27. The molecule has 0 amide bonds. The number of H-pyrrole nitrogens is 1. The van der Waals surface area contributed by atoms with Crippen molar-refractivity contribution < 1.29 is 0 Å². The van der Waals surface area contributed by atoms with Crippen molar-refractivity contribution >= 4 is 16.7 Å². The summed E-state index contributed by atoms with van der Waals surface area (Å²) in [4.78, 5) is 4.12. The smallest absolute Gasteiger partial charge is 0.153 e. The molecule has 0 unspecified atom stereocenters. The molecule has 68 valence electrons. The van der Waals surface area contributed by atoms with Crippen LogP contribution in [-0.2, 0) is 0 Å². The summed E-state index contributed by atoms with van der Waals surface area (Å²) in [5, 5.41) is 7.80. The highest BCUT2D eigenvalue weighted by molar-refractivity contribution is 5.91. The molecule has 0 fully saturated rings. The molecule has 2 aromatic heterocycles. The average molecular weight is 176 g/mol. The molecular formula is C9H12N4. The predicted molar refractivity (Wildman–Crippen MR) is 52.4 cm³/mol. The maximum absolute atomic E-state index is 5.74. The minimum atomic E-state index is 0.413. The summed E-state index contributed by atoms with van der Waals surface area (Å²) in [6, 6.07) is 0. The van der Waals surface area contributed by atoms with E-state index in [1.807, 2.05) is 6.20 Å². The van der Waals surface area contributed by atoms with E-state index in [1.165, 1.54) is 0 Å². The zero-order valence-electron chi connectivity index (χ0n) is 7.70. The van der Waals surface area contributed by atoms with Crippen molar-refractivity contribution in [2.75, 3.05) is 5.73 Å². The van der Waals surface area contributed by atoms with Gasteiger partial charge in [0.25, 0.3) is 0 Å². The number of hydrogen-bond donors (Lipinski definition) is 2. The molecule has 0 saturated heterocycles. The van der Waals surface area contributed by atoms with E-state index in [4.69, 9.17) is 5.73 Å². The number of nitrogen functional groups attached to an aromatic ring is 1. The molecule has 2 aromatic rings. The highest BCUT2D eigenvalue weighted by Gasteiger charge is 2.10. The van der Waals surface area contributed by atoms with Crippen LogP contribution in [0.3, 0.4) is 0 Å². The number of aromatic nitrogens is 3. The van der Waals surface area contributed by atoms with Gasteiger partial charge in [-0.2, -0.15) is 5.10 Å². The summed E-state index contributed by atoms with van der Waals surface area (Å²) in [5.74, 6) is 0.970. The van der Waals surface area contributed by atoms with Gasteiger partial charge in [0.1, 0.15) is 0 Å². The molecule has 0 radical (unpaired) electrons. The van der Waals surface area contributed by atoms with Gasteiger partial charge < -0.3 is 5.73 Å². The van der Waals surface area contributed by atoms with E-state index in [0.29, 0.717) is 11.7 Å². The summed E-state index contributed by atoms with van der Waals surface area (Å²) in [5.41, 5.74) is 7.79. The maximum atomic E-state index is 5.74. The number of nitrogens with zero attached hydrogens (tertiary/aromatic N) is 2. The molecule has 0 spiro atoms. The second-order valence-electron chi connectivity index (χ2n) is 3.41. The summed E-state index contributed by atoms with van der Waals surface area (Å²) in [7, 11) is 0. The van der Waals surface area contributed by atoms with Crippen molar-refractivity contribution in [3.63, 3.8) is 0 Å². The van der Waals surface area contributed by atoms with Gasteiger partial charge in [0.2, 0.25) is 0 Å². The zero-order valence-corrected chi connectivity index (χ0v) is 7.70. The third-order valence-electron chi connectivity index (χ3n) is 2.15. The van der Waals surface area contributed by atoms with Crippen LogP contribution in [0.4, 0.5) is 5.82 Å². The van der Waals surface area contributed by atoms with E-state index in [2.05, 4.69) is 29.0 Å². The van der Waals surface area contributed by atoms with Gasteiger partial charge in [0.15, 0.2) is 5.82 Å². The fraction of sp³-hybridized carbons (Fsp3) is 0.333. The molecule has 0 aromatic carbocycles. The van der Waals surface area contributed by atoms with Crippen LogP contribution in [0.25, 0.3) is 10.9 Å². The van der Waals surface area contributed by atoms with E-state index >= 15 is 0 Å². The van der Waals surface area contributed by atoms with Crippen LogP contribution in [0.1, 0.15) is 25.3 Å². The highest BCUT2D eigenvalue weighted by atomic mass is 15.2. The number of hydrogen-bond acceptors (Lipinski definition) is 3. The second kappa shape index (κ2) is 2.73. The van der Waals surface area contributed by atoms with Gasteiger partial charge in [-0.25, -0.2) is 0 Å². The lowest BCUT2D eigenvalue weighted by molar-refractivity contribution is 0.869. The largest absolute Gasteiger partial charge is 0.382 e. The van der Waals surface area contributed by atoms with Crippen molar-refractivity contribution in [3.8, 4) is 0 Å². The van der Waals surface area contributed by atoms with Gasteiger partial charge in [-0.1, -0.05) is 13.8 Å². The molecule has 0 atom stereocenters. The lowest BCUT2D eigenvalue weighted by Crippen LogP contribution is -1.92. The minimum absolute atomic E-state index is 0.413. The van der Waals surface area contributed by atoms with Gasteiger partial charge in [-0.3, -0.25) is 10.1 Å². The molecule has 0 aliphatic heterocycles. The van der Waals surface area contributed by atoms with Gasteiger partial charge >= 0.3 is 0 Å². The second-order valence-corrected chi connectivity index (χ2v) is 3.41. The van der Waals surface area contributed by atoms with Crippen molar-refractivity contribution in [1.29, 1.82) is 0 Å². The Labute approximate surface area is 76.2 Å². The first-order valence-electron chi connectivity index (χ1n) is 4.27. The first kappa shape index (κ1) is 8.04. The number of nitrogens with two attached hydrogens (primary N) is 1. The third-order valence-corrected chi connectivity index (χ3v) is 2.15. The number of fused-ring (bicyclic) bond motifs is 1. The quantitative estimate of drug-likeness (QED) is 0.694. The van der Waals surface area contributed by atoms with Crippen LogP contribution in [0.5, 0.6) is 0 Å². The molecule has 2 heterocycles. The van der Waals surface area contributed by atoms with Crippen LogP contribution < -0.4 is 5.73 Å². The summed E-state index contributed by atoms with van der Waals surface area (Å²) in [6.07, 6.45) is 3.59. The van der Waals surface area contributed by atoms with E-state index in [-0.39, 0.29) is 0 Å². The standard InChI is InChI=1S/C9H12N4/c1-5(2)6-3-11-4-7-8(6)9(10)13-12-7/h3-5H,1-2H3,(H3,10,12,13). The fourth-order valence-electron chi connectivity index (χ4n) is 1.46. The Kier molecular flexibility index (Phi) is 1.69. The molecular weight excluding hydrogens is 164 g/mol. The molecule has 0 aliphatic carbocycles. The number of nitrogens with one attached hydrogen (secondary N) is 1. The van der Waals surface area contributed by atoms with Crippen molar-refractivity contribution in [2.45, 2.75) is 19.8 Å². The summed E-state index contributed by atoms with van der Waals surface area (Å²) >= 11 is 0. The van der Waals surface area contributed by atoms with E-state index in [1.54, 1.807) is 6.20 Å². The lowest BCUT2D eigenvalue weighted by Gasteiger charge is -2.05. The topological polar surface area (TPSA) is 67.6 Å². The predicted octanol–water partition coefficient (Wildman–Crippen LogP) is 1.66. The molecule has 0 aliphatic rings. The third kappa shape index (κ3) is 1.14. The van der Waals surface area contributed by atoms with Gasteiger partial charge in [0.05, 0.1) is 17.1 Å². The molecule has 0 saturated carbocycles. The Balaban J connectivity index is 2.80. The summed E-state index contributed by atoms with van der Waals surface area (Å²) < 4.78 is 0. The Bertz CT molecular complexity index is 430. The van der Waals surface area contributed by atoms with Crippen LogP contribution in [0.2, 0.25) is 0 Å². The number of aromatic amines is 1. The first-order chi connectivity index (χ1) is 6.20.